The first-order chi connectivity index (χ1) is 14.3. The highest BCUT2D eigenvalue weighted by Crippen LogP contribution is 2.26. The normalized spacial score (nSPS) is 14.2. The van der Waals surface area contributed by atoms with Gasteiger partial charge >= 0.3 is 0 Å². The maximum Gasteiger partial charge on any atom is 0.227 e. The monoisotopic (exact) mass is 387 g/mol. The van der Waals surface area contributed by atoms with Gasteiger partial charge in [0.1, 0.15) is 17.3 Å². The lowest BCUT2D eigenvalue weighted by Gasteiger charge is -2.20. The molecule has 1 amide bonds. The van der Waals surface area contributed by atoms with Gasteiger partial charge in [-0.1, -0.05) is 37.5 Å². The van der Waals surface area contributed by atoms with E-state index in [4.69, 9.17) is 4.74 Å². The molecule has 5 nitrogen and oxygen atoms in total. The number of aromatic nitrogens is 1. The summed E-state index contributed by atoms with van der Waals surface area (Å²) in [5.41, 5.74) is 1.65. The van der Waals surface area contributed by atoms with Gasteiger partial charge in [0, 0.05) is 11.6 Å². The molecular weight excluding hydrogens is 362 g/mol. The summed E-state index contributed by atoms with van der Waals surface area (Å²) in [6.45, 7) is 0. The summed E-state index contributed by atoms with van der Waals surface area (Å²) in [5.74, 6) is 2.55. The predicted molar refractivity (Wildman–Crippen MR) is 116 cm³/mol. The molecule has 0 unspecified atom stereocenters. The van der Waals surface area contributed by atoms with Gasteiger partial charge in [0.05, 0.1) is 11.9 Å². The standard InChI is InChI=1S/C24H25N3O2/c28-24(18-7-3-1-4-8-18)27-20-13-16-23(25-17-20)26-19-11-14-22(15-12-19)29-21-9-5-2-6-10-21/h2,5-6,9-18H,1,3-4,7-8H2,(H,25,26)(H,27,28). The summed E-state index contributed by atoms with van der Waals surface area (Å²) in [4.78, 5) is 16.7. The number of anilines is 3. The van der Waals surface area contributed by atoms with Crippen LogP contribution in [-0.2, 0) is 4.79 Å². The molecule has 1 saturated carbocycles. The molecule has 0 spiro atoms. The van der Waals surface area contributed by atoms with Crippen molar-refractivity contribution in [1.29, 1.82) is 0 Å². The van der Waals surface area contributed by atoms with Gasteiger partial charge < -0.3 is 15.4 Å². The Hall–Kier alpha value is -3.34. The number of amides is 1. The number of carbonyl (C=O) groups excluding carboxylic acids is 1. The van der Waals surface area contributed by atoms with Crippen LogP contribution in [0.4, 0.5) is 17.2 Å². The van der Waals surface area contributed by atoms with Crippen molar-refractivity contribution in [2.75, 3.05) is 10.6 Å². The molecule has 0 saturated heterocycles. The molecule has 1 aliphatic carbocycles. The maximum atomic E-state index is 12.3. The minimum Gasteiger partial charge on any atom is -0.457 e. The summed E-state index contributed by atoms with van der Waals surface area (Å²) >= 11 is 0. The molecule has 1 heterocycles. The van der Waals surface area contributed by atoms with Crippen molar-refractivity contribution in [3.05, 3.63) is 72.9 Å². The van der Waals surface area contributed by atoms with E-state index < -0.39 is 0 Å². The number of carbonyl (C=O) groups is 1. The summed E-state index contributed by atoms with van der Waals surface area (Å²) in [7, 11) is 0. The highest BCUT2D eigenvalue weighted by atomic mass is 16.5. The average molecular weight is 387 g/mol. The van der Waals surface area contributed by atoms with Gasteiger partial charge in [-0.05, 0) is 61.4 Å². The van der Waals surface area contributed by atoms with Gasteiger partial charge in [-0.2, -0.15) is 0 Å². The maximum absolute atomic E-state index is 12.3. The first-order valence-electron chi connectivity index (χ1n) is 10.1. The number of hydrogen-bond acceptors (Lipinski definition) is 4. The Morgan fingerprint density at radius 2 is 1.52 bits per heavy atom. The number of hydrogen-bond donors (Lipinski definition) is 2. The van der Waals surface area contributed by atoms with Crippen LogP contribution in [0.2, 0.25) is 0 Å². The quantitative estimate of drug-likeness (QED) is 0.533. The Morgan fingerprint density at radius 1 is 0.828 bits per heavy atom. The fourth-order valence-corrected chi connectivity index (χ4v) is 3.53. The number of ether oxygens (including phenoxy) is 1. The zero-order valence-corrected chi connectivity index (χ0v) is 16.3. The van der Waals surface area contributed by atoms with Crippen LogP contribution in [0.1, 0.15) is 32.1 Å². The Bertz CT molecular complexity index is 919. The number of nitrogens with one attached hydrogen (secondary N) is 2. The molecule has 29 heavy (non-hydrogen) atoms. The molecular formula is C24H25N3O2. The summed E-state index contributed by atoms with van der Waals surface area (Å²) in [6, 6.07) is 21.1. The second-order valence-corrected chi connectivity index (χ2v) is 7.32. The Morgan fingerprint density at radius 3 is 2.21 bits per heavy atom. The molecule has 1 aliphatic rings. The minimum atomic E-state index is 0.112. The van der Waals surface area contributed by atoms with E-state index in [-0.39, 0.29) is 11.8 Å². The van der Waals surface area contributed by atoms with Crippen LogP contribution in [0.15, 0.2) is 72.9 Å². The molecule has 1 aromatic heterocycles. The molecule has 5 heteroatoms. The number of benzene rings is 2. The van der Waals surface area contributed by atoms with Crippen LogP contribution in [-0.4, -0.2) is 10.9 Å². The van der Waals surface area contributed by atoms with Crippen LogP contribution in [0, 0.1) is 5.92 Å². The molecule has 3 aromatic rings. The third-order valence-corrected chi connectivity index (χ3v) is 5.11. The molecule has 0 bridgehead atoms. The largest absolute Gasteiger partial charge is 0.457 e. The number of pyridine rings is 1. The molecule has 0 radical (unpaired) electrons. The molecule has 2 aromatic carbocycles. The summed E-state index contributed by atoms with van der Waals surface area (Å²) in [6.07, 6.45) is 7.20. The summed E-state index contributed by atoms with van der Waals surface area (Å²) in [5, 5.41) is 6.25. The molecule has 2 N–H and O–H groups in total. The van der Waals surface area contributed by atoms with Crippen LogP contribution < -0.4 is 15.4 Å². The van der Waals surface area contributed by atoms with E-state index in [9.17, 15) is 4.79 Å². The Labute approximate surface area is 171 Å². The highest BCUT2D eigenvalue weighted by molar-refractivity contribution is 5.92. The fourth-order valence-electron chi connectivity index (χ4n) is 3.53. The third-order valence-electron chi connectivity index (χ3n) is 5.11. The molecule has 148 valence electrons. The number of rotatable bonds is 6. The van der Waals surface area contributed by atoms with E-state index in [2.05, 4.69) is 15.6 Å². The van der Waals surface area contributed by atoms with Gasteiger partial charge in [-0.25, -0.2) is 4.98 Å². The summed E-state index contributed by atoms with van der Waals surface area (Å²) < 4.78 is 5.80. The van der Waals surface area contributed by atoms with Gasteiger partial charge in [-0.3, -0.25) is 4.79 Å². The molecule has 4 rings (SSSR count). The minimum absolute atomic E-state index is 0.112. The van der Waals surface area contributed by atoms with Crippen LogP contribution in [0.25, 0.3) is 0 Å². The Balaban J connectivity index is 1.32. The van der Waals surface area contributed by atoms with Crippen molar-refractivity contribution in [3.63, 3.8) is 0 Å². The molecule has 0 atom stereocenters. The van der Waals surface area contributed by atoms with Crippen molar-refractivity contribution < 1.29 is 9.53 Å². The smallest absolute Gasteiger partial charge is 0.227 e. The van der Waals surface area contributed by atoms with E-state index in [1.54, 1.807) is 6.20 Å². The fraction of sp³-hybridized carbons (Fsp3) is 0.250. The SMILES string of the molecule is O=C(Nc1ccc(Nc2ccc(Oc3ccccc3)cc2)nc1)C1CCCCC1. The lowest BCUT2D eigenvalue weighted by Crippen LogP contribution is -2.24. The molecule has 0 aliphatic heterocycles. The number of nitrogens with zero attached hydrogens (tertiary/aromatic N) is 1. The first kappa shape index (κ1) is 19.0. The lowest BCUT2D eigenvalue weighted by atomic mass is 9.88. The average Bonchev–Trinajstić information content (AvgIpc) is 2.78. The van der Waals surface area contributed by atoms with E-state index in [1.807, 2.05) is 66.7 Å². The highest BCUT2D eigenvalue weighted by Gasteiger charge is 2.21. The predicted octanol–water partition coefficient (Wildman–Crippen LogP) is 6.14. The van der Waals surface area contributed by atoms with Gasteiger partial charge in [0.25, 0.3) is 0 Å². The van der Waals surface area contributed by atoms with Crippen LogP contribution in [0.3, 0.4) is 0 Å². The number of para-hydroxylation sites is 1. The second kappa shape index (κ2) is 9.24. The van der Waals surface area contributed by atoms with Crippen LogP contribution in [0.5, 0.6) is 11.5 Å². The van der Waals surface area contributed by atoms with E-state index >= 15 is 0 Å². The third kappa shape index (κ3) is 5.35. The van der Waals surface area contributed by atoms with Gasteiger partial charge in [0.2, 0.25) is 5.91 Å². The van der Waals surface area contributed by atoms with Crippen molar-refractivity contribution in [3.8, 4) is 11.5 Å². The van der Waals surface area contributed by atoms with Crippen molar-refractivity contribution >= 4 is 23.1 Å². The van der Waals surface area contributed by atoms with E-state index in [0.717, 1.165) is 54.4 Å². The van der Waals surface area contributed by atoms with Gasteiger partial charge in [-0.15, -0.1) is 0 Å². The Kier molecular flexibility index (Phi) is 6.05. The lowest BCUT2D eigenvalue weighted by molar-refractivity contribution is -0.120. The first-order valence-corrected chi connectivity index (χ1v) is 10.1. The van der Waals surface area contributed by atoms with Gasteiger partial charge in [0.15, 0.2) is 0 Å². The van der Waals surface area contributed by atoms with E-state index in [1.165, 1.54) is 6.42 Å². The molecule has 1 fully saturated rings. The van der Waals surface area contributed by atoms with Crippen LogP contribution >= 0.6 is 0 Å². The van der Waals surface area contributed by atoms with Crippen molar-refractivity contribution in [1.82, 2.24) is 4.98 Å². The zero-order valence-electron chi connectivity index (χ0n) is 16.3. The zero-order chi connectivity index (χ0) is 19.9. The topological polar surface area (TPSA) is 63.2 Å². The second-order valence-electron chi connectivity index (χ2n) is 7.32. The van der Waals surface area contributed by atoms with Crippen molar-refractivity contribution in [2.45, 2.75) is 32.1 Å². The van der Waals surface area contributed by atoms with E-state index in [0.29, 0.717) is 0 Å². The van der Waals surface area contributed by atoms with Crippen molar-refractivity contribution in [2.24, 2.45) is 5.92 Å².